The van der Waals surface area contributed by atoms with Crippen molar-refractivity contribution in [3.8, 4) is 0 Å². The molecule has 4 rings (SSSR count). The van der Waals surface area contributed by atoms with Gasteiger partial charge in [0.2, 0.25) is 0 Å². The molecule has 30 heavy (non-hydrogen) atoms. The molecule has 0 unspecified atom stereocenters. The predicted octanol–water partition coefficient (Wildman–Crippen LogP) is 2.00. The van der Waals surface area contributed by atoms with Crippen molar-refractivity contribution >= 4 is 34.4 Å². The van der Waals surface area contributed by atoms with Crippen molar-refractivity contribution < 1.29 is 14.4 Å². The molecule has 154 valence electrons. The summed E-state index contributed by atoms with van der Waals surface area (Å²) in [6.07, 6.45) is 4.83. The second-order valence-corrected chi connectivity index (χ2v) is 7.55. The number of primary amides is 1. The quantitative estimate of drug-likeness (QED) is 0.572. The summed E-state index contributed by atoms with van der Waals surface area (Å²) in [5.41, 5.74) is 7.21. The second-order valence-electron chi connectivity index (χ2n) is 7.55. The molecule has 1 saturated heterocycles. The fourth-order valence-electron chi connectivity index (χ4n) is 3.98. The van der Waals surface area contributed by atoms with Crippen LogP contribution >= 0.6 is 0 Å². The lowest BCUT2D eigenvalue weighted by Crippen LogP contribution is -2.46. The molecular formula is C21H22N6O3. The molecular weight excluding hydrogens is 384 g/mol. The Morgan fingerprint density at radius 1 is 1.20 bits per heavy atom. The molecule has 9 heteroatoms. The highest BCUT2D eigenvalue weighted by atomic mass is 16.2. The van der Waals surface area contributed by atoms with E-state index in [0.717, 1.165) is 29.3 Å². The minimum Gasteiger partial charge on any atom is -0.365 e. The first kappa shape index (κ1) is 19.6. The molecule has 9 nitrogen and oxygen atoms in total. The van der Waals surface area contributed by atoms with Gasteiger partial charge in [0.25, 0.3) is 5.91 Å². The van der Waals surface area contributed by atoms with Gasteiger partial charge in [-0.15, -0.1) is 0 Å². The summed E-state index contributed by atoms with van der Waals surface area (Å²) in [5.74, 6) is -2.02. The Morgan fingerprint density at radius 3 is 2.83 bits per heavy atom. The van der Waals surface area contributed by atoms with Crippen LogP contribution in [0.3, 0.4) is 0 Å². The monoisotopic (exact) mass is 406 g/mol. The van der Waals surface area contributed by atoms with Crippen LogP contribution in [-0.4, -0.2) is 44.3 Å². The number of carbonyl (C=O) groups excluding carboxylic acids is 3. The molecule has 3 amide bonds. The Kier molecular flexibility index (Phi) is 5.18. The third-order valence-electron chi connectivity index (χ3n) is 5.46. The molecule has 2 atom stereocenters. The van der Waals surface area contributed by atoms with Gasteiger partial charge in [-0.1, -0.05) is 19.1 Å². The Morgan fingerprint density at radius 2 is 2.03 bits per heavy atom. The second kappa shape index (κ2) is 7.94. The van der Waals surface area contributed by atoms with Gasteiger partial charge in [-0.2, -0.15) is 5.10 Å². The van der Waals surface area contributed by atoms with Gasteiger partial charge in [0.15, 0.2) is 0 Å². The van der Waals surface area contributed by atoms with E-state index in [9.17, 15) is 14.4 Å². The van der Waals surface area contributed by atoms with Gasteiger partial charge >= 0.3 is 11.8 Å². The lowest BCUT2D eigenvalue weighted by atomic mass is 9.88. The van der Waals surface area contributed by atoms with E-state index in [0.29, 0.717) is 6.54 Å². The Bertz CT molecular complexity index is 1120. The van der Waals surface area contributed by atoms with E-state index in [2.05, 4.69) is 27.4 Å². The van der Waals surface area contributed by atoms with Crippen molar-refractivity contribution in [1.82, 2.24) is 20.1 Å². The molecule has 2 aromatic heterocycles. The standard InChI is InChI=1S/C21H22N6O3/c1-12-7-8-17(13-4-2-6-16-15(13)10-24-26-16)27(11-12)21(30)20(29)25-19-14(18(22)28)5-3-9-23-19/h2-6,9-10,12,17H,7-8,11H2,1H3,(H2,22,28)(H,24,26)(H,23,25,29)/t12-,17+/m0/s1. The van der Waals surface area contributed by atoms with Crippen LogP contribution in [0.25, 0.3) is 10.9 Å². The maximum absolute atomic E-state index is 13.1. The first-order valence-electron chi connectivity index (χ1n) is 9.74. The number of hydrogen-bond acceptors (Lipinski definition) is 5. The number of nitrogens with zero attached hydrogens (tertiary/aromatic N) is 3. The van der Waals surface area contributed by atoms with Crippen molar-refractivity contribution in [3.05, 3.63) is 53.9 Å². The van der Waals surface area contributed by atoms with E-state index in [1.807, 2.05) is 18.2 Å². The number of rotatable bonds is 3. The van der Waals surface area contributed by atoms with Gasteiger partial charge in [-0.3, -0.25) is 19.5 Å². The summed E-state index contributed by atoms with van der Waals surface area (Å²) < 4.78 is 0. The molecule has 3 heterocycles. The number of nitrogens with two attached hydrogens (primary N) is 1. The molecule has 1 aliphatic heterocycles. The summed E-state index contributed by atoms with van der Waals surface area (Å²) in [4.78, 5) is 43.1. The van der Waals surface area contributed by atoms with Crippen LogP contribution in [0.15, 0.2) is 42.7 Å². The SMILES string of the molecule is C[C@H]1CC[C@H](c2cccc3[nH]ncc23)N(C(=O)C(=O)Nc2ncccc2C(N)=O)C1. The summed E-state index contributed by atoms with van der Waals surface area (Å²) in [7, 11) is 0. The number of pyridine rings is 1. The number of fused-ring (bicyclic) bond motifs is 1. The highest BCUT2D eigenvalue weighted by Crippen LogP contribution is 2.36. The van der Waals surface area contributed by atoms with Crippen molar-refractivity contribution in [3.63, 3.8) is 0 Å². The number of aromatic amines is 1. The number of aromatic nitrogens is 3. The summed E-state index contributed by atoms with van der Waals surface area (Å²) in [6, 6.07) is 8.51. The molecule has 0 saturated carbocycles. The summed E-state index contributed by atoms with van der Waals surface area (Å²) in [6.45, 7) is 2.51. The molecule has 1 aliphatic rings. The van der Waals surface area contributed by atoms with Gasteiger partial charge in [0.05, 0.1) is 23.3 Å². The van der Waals surface area contributed by atoms with Crippen LogP contribution < -0.4 is 11.1 Å². The highest BCUT2D eigenvalue weighted by molar-refractivity contribution is 6.39. The normalized spacial score (nSPS) is 18.9. The lowest BCUT2D eigenvalue weighted by molar-refractivity contribution is -0.146. The van der Waals surface area contributed by atoms with E-state index in [1.54, 1.807) is 11.1 Å². The van der Waals surface area contributed by atoms with Crippen LogP contribution in [0.2, 0.25) is 0 Å². The average Bonchev–Trinajstić information content (AvgIpc) is 3.22. The number of piperidine rings is 1. The first-order chi connectivity index (χ1) is 14.5. The molecule has 0 radical (unpaired) electrons. The Labute approximate surface area is 172 Å². The van der Waals surface area contributed by atoms with Crippen molar-refractivity contribution in [1.29, 1.82) is 0 Å². The summed E-state index contributed by atoms with van der Waals surface area (Å²) in [5, 5.41) is 10.4. The molecule has 1 aromatic carbocycles. The number of nitrogens with one attached hydrogen (secondary N) is 2. The molecule has 0 bridgehead atoms. The van der Waals surface area contributed by atoms with Crippen molar-refractivity contribution in [2.24, 2.45) is 11.7 Å². The number of amides is 3. The van der Waals surface area contributed by atoms with Gasteiger partial charge in [-0.05, 0) is 42.5 Å². The minimum absolute atomic E-state index is 0.0260. The number of hydrogen-bond donors (Lipinski definition) is 3. The van der Waals surface area contributed by atoms with E-state index in [-0.39, 0.29) is 23.3 Å². The molecule has 1 fully saturated rings. The van der Waals surface area contributed by atoms with Crippen LogP contribution in [-0.2, 0) is 9.59 Å². The number of likely N-dealkylation sites (tertiary alicyclic amines) is 1. The molecule has 3 aromatic rings. The van der Waals surface area contributed by atoms with Crippen molar-refractivity contribution in [2.45, 2.75) is 25.8 Å². The fraction of sp³-hybridized carbons (Fsp3) is 0.286. The topological polar surface area (TPSA) is 134 Å². The zero-order valence-corrected chi connectivity index (χ0v) is 16.5. The number of carbonyl (C=O) groups is 3. The third kappa shape index (κ3) is 3.61. The van der Waals surface area contributed by atoms with E-state index < -0.39 is 17.7 Å². The molecule has 4 N–H and O–H groups in total. The molecule has 0 aliphatic carbocycles. The first-order valence-corrected chi connectivity index (χ1v) is 9.74. The van der Waals surface area contributed by atoms with Gasteiger partial charge in [-0.25, -0.2) is 4.98 Å². The maximum Gasteiger partial charge on any atom is 0.315 e. The lowest BCUT2D eigenvalue weighted by Gasteiger charge is -2.38. The van der Waals surface area contributed by atoms with E-state index in [4.69, 9.17) is 5.73 Å². The van der Waals surface area contributed by atoms with E-state index in [1.165, 1.54) is 18.3 Å². The Hall–Kier alpha value is -3.75. The van der Waals surface area contributed by atoms with Gasteiger partial charge < -0.3 is 16.0 Å². The number of anilines is 1. The van der Waals surface area contributed by atoms with Crippen LogP contribution in [0.5, 0.6) is 0 Å². The maximum atomic E-state index is 13.1. The molecule has 0 spiro atoms. The zero-order chi connectivity index (χ0) is 21.3. The smallest absolute Gasteiger partial charge is 0.315 e. The Balaban J connectivity index is 1.63. The largest absolute Gasteiger partial charge is 0.365 e. The third-order valence-corrected chi connectivity index (χ3v) is 5.46. The van der Waals surface area contributed by atoms with Gasteiger partial charge in [0, 0.05) is 18.1 Å². The van der Waals surface area contributed by atoms with E-state index >= 15 is 0 Å². The zero-order valence-electron chi connectivity index (χ0n) is 16.5. The van der Waals surface area contributed by atoms with Crippen LogP contribution in [0, 0.1) is 5.92 Å². The fourth-order valence-corrected chi connectivity index (χ4v) is 3.98. The predicted molar refractivity (Wildman–Crippen MR) is 110 cm³/mol. The van der Waals surface area contributed by atoms with Gasteiger partial charge in [0.1, 0.15) is 5.82 Å². The van der Waals surface area contributed by atoms with Crippen molar-refractivity contribution in [2.75, 3.05) is 11.9 Å². The minimum atomic E-state index is -0.852. The number of H-pyrrole nitrogens is 1. The van der Waals surface area contributed by atoms with Crippen LogP contribution in [0.1, 0.15) is 41.7 Å². The highest BCUT2D eigenvalue weighted by Gasteiger charge is 2.35. The summed E-state index contributed by atoms with van der Waals surface area (Å²) >= 11 is 0. The average molecular weight is 406 g/mol. The van der Waals surface area contributed by atoms with Crippen LogP contribution in [0.4, 0.5) is 5.82 Å². The number of benzene rings is 1.